The molecule has 0 aliphatic carbocycles. The van der Waals surface area contributed by atoms with Crippen LogP contribution in [0.3, 0.4) is 0 Å². The number of aliphatic hydroxyl groups is 1. The summed E-state index contributed by atoms with van der Waals surface area (Å²) < 4.78 is 19.9. The van der Waals surface area contributed by atoms with Gasteiger partial charge in [-0.15, -0.1) is 0 Å². The van der Waals surface area contributed by atoms with Crippen molar-refractivity contribution in [2.45, 2.75) is 19.4 Å². The van der Waals surface area contributed by atoms with Crippen molar-refractivity contribution in [1.29, 1.82) is 0 Å². The topological polar surface area (TPSA) is 59.3 Å². The van der Waals surface area contributed by atoms with E-state index < -0.39 is 6.10 Å². The third-order valence-corrected chi connectivity index (χ3v) is 3.02. The van der Waals surface area contributed by atoms with Gasteiger partial charge in [0.2, 0.25) is 0 Å². The van der Waals surface area contributed by atoms with E-state index in [-0.39, 0.29) is 12.4 Å². The van der Waals surface area contributed by atoms with Gasteiger partial charge in [0, 0.05) is 19.8 Å². The molecule has 0 saturated heterocycles. The minimum atomic E-state index is -0.667. The van der Waals surface area contributed by atoms with Crippen LogP contribution in [0.15, 0.2) is 30.5 Å². The van der Waals surface area contributed by atoms with Crippen LogP contribution >= 0.6 is 0 Å². The second-order valence-electron chi connectivity index (χ2n) is 4.82. The van der Waals surface area contributed by atoms with Crippen molar-refractivity contribution in [1.82, 2.24) is 9.78 Å². The van der Waals surface area contributed by atoms with Gasteiger partial charge in [-0.25, -0.2) is 4.39 Å². The molecule has 1 unspecified atom stereocenters. The van der Waals surface area contributed by atoms with E-state index in [4.69, 9.17) is 4.74 Å². The molecule has 114 valence electrons. The van der Waals surface area contributed by atoms with Crippen molar-refractivity contribution in [3.63, 3.8) is 0 Å². The van der Waals surface area contributed by atoms with E-state index in [1.54, 1.807) is 4.68 Å². The molecule has 1 aromatic carbocycles. The highest BCUT2D eigenvalue weighted by Gasteiger charge is 2.09. The molecular weight excluding hydrogens is 273 g/mol. The molecule has 0 spiro atoms. The maximum atomic E-state index is 12.7. The smallest absolute Gasteiger partial charge is 0.123 e. The number of anilines is 1. The highest BCUT2D eigenvalue weighted by molar-refractivity contribution is 5.46. The fourth-order valence-corrected chi connectivity index (χ4v) is 1.95. The van der Waals surface area contributed by atoms with Crippen LogP contribution in [-0.4, -0.2) is 34.1 Å². The van der Waals surface area contributed by atoms with Crippen molar-refractivity contribution in [2.24, 2.45) is 7.05 Å². The van der Waals surface area contributed by atoms with Crippen LogP contribution in [0, 0.1) is 5.82 Å². The Morgan fingerprint density at radius 3 is 2.76 bits per heavy atom. The SMILES string of the molecule is CCc1nn(C)cc1NCC(O)COc1ccc(F)cc1. The average Bonchev–Trinajstić information content (AvgIpc) is 2.84. The molecule has 2 aromatic rings. The van der Waals surface area contributed by atoms with Gasteiger partial charge in [0.15, 0.2) is 0 Å². The van der Waals surface area contributed by atoms with Crippen molar-refractivity contribution in [3.8, 4) is 5.75 Å². The van der Waals surface area contributed by atoms with Gasteiger partial charge >= 0.3 is 0 Å². The summed E-state index contributed by atoms with van der Waals surface area (Å²) in [5.41, 5.74) is 1.88. The lowest BCUT2D eigenvalue weighted by Crippen LogP contribution is -2.26. The lowest BCUT2D eigenvalue weighted by atomic mass is 10.3. The summed E-state index contributed by atoms with van der Waals surface area (Å²) in [6.07, 6.45) is 2.04. The number of aromatic nitrogens is 2. The molecule has 0 radical (unpaired) electrons. The summed E-state index contributed by atoms with van der Waals surface area (Å²) in [6, 6.07) is 5.71. The first-order valence-electron chi connectivity index (χ1n) is 6.91. The molecule has 2 rings (SSSR count). The fourth-order valence-electron chi connectivity index (χ4n) is 1.95. The van der Waals surface area contributed by atoms with Crippen LogP contribution < -0.4 is 10.1 Å². The monoisotopic (exact) mass is 293 g/mol. The summed E-state index contributed by atoms with van der Waals surface area (Å²) >= 11 is 0. The van der Waals surface area contributed by atoms with Crippen molar-refractivity contribution in [3.05, 3.63) is 42.0 Å². The lowest BCUT2D eigenvalue weighted by molar-refractivity contribution is 0.117. The average molecular weight is 293 g/mol. The second-order valence-corrected chi connectivity index (χ2v) is 4.82. The lowest BCUT2D eigenvalue weighted by Gasteiger charge is -2.13. The van der Waals surface area contributed by atoms with Gasteiger partial charge in [0.25, 0.3) is 0 Å². The third-order valence-electron chi connectivity index (χ3n) is 3.02. The number of halogens is 1. The zero-order valence-electron chi connectivity index (χ0n) is 12.2. The number of hydrogen-bond donors (Lipinski definition) is 2. The Kier molecular flexibility index (Phi) is 5.16. The zero-order chi connectivity index (χ0) is 15.2. The van der Waals surface area contributed by atoms with E-state index in [1.807, 2.05) is 20.2 Å². The minimum Gasteiger partial charge on any atom is -0.491 e. The second kappa shape index (κ2) is 7.08. The molecule has 0 aliphatic heterocycles. The Morgan fingerprint density at radius 2 is 2.10 bits per heavy atom. The van der Waals surface area contributed by atoms with E-state index in [1.165, 1.54) is 24.3 Å². The van der Waals surface area contributed by atoms with Gasteiger partial charge in [0.05, 0.1) is 11.4 Å². The van der Waals surface area contributed by atoms with Gasteiger partial charge in [0.1, 0.15) is 24.3 Å². The van der Waals surface area contributed by atoms with Crippen LogP contribution in [0.25, 0.3) is 0 Å². The largest absolute Gasteiger partial charge is 0.491 e. The molecule has 1 atom stereocenters. The first-order chi connectivity index (χ1) is 10.1. The molecule has 0 amide bonds. The molecular formula is C15H20FN3O2. The summed E-state index contributed by atoms with van der Waals surface area (Å²) in [4.78, 5) is 0. The van der Waals surface area contributed by atoms with Gasteiger partial charge in [-0.3, -0.25) is 4.68 Å². The number of benzene rings is 1. The molecule has 5 nitrogen and oxygen atoms in total. The van der Waals surface area contributed by atoms with Crippen LogP contribution in [0.5, 0.6) is 5.75 Å². The summed E-state index contributed by atoms with van der Waals surface area (Å²) in [6.45, 7) is 2.53. The normalized spacial score (nSPS) is 12.2. The molecule has 1 aromatic heterocycles. The quantitative estimate of drug-likeness (QED) is 0.819. The van der Waals surface area contributed by atoms with E-state index in [9.17, 15) is 9.50 Å². The molecule has 0 fully saturated rings. The van der Waals surface area contributed by atoms with Gasteiger partial charge in [-0.1, -0.05) is 6.92 Å². The molecule has 0 saturated carbocycles. The van der Waals surface area contributed by atoms with Crippen LogP contribution in [-0.2, 0) is 13.5 Å². The Balaban J connectivity index is 1.79. The highest BCUT2D eigenvalue weighted by Crippen LogP contribution is 2.14. The molecule has 0 bridgehead atoms. The van der Waals surface area contributed by atoms with Crippen LogP contribution in [0.1, 0.15) is 12.6 Å². The number of hydrogen-bond acceptors (Lipinski definition) is 4. The third kappa shape index (κ3) is 4.46. The van der Waals surface area contributed by atoms with Gasteiger partial charge in [-0.2, -0.15) is 5.10 Å². The zero-order valence-corrected chi connectivity index (χ0v) is 12.2. The highest BCUT2D eigenvalue weighted by atomic mass is 19.1. The van der Waals surface area contributed by atoms with E-state index in [0.717, 1.165) is 17.8 Å². The van der Waals surface area contributed by atoms with E-state index >= 15 is 0 Å². The Bertz CT molecular complexity index is 569. The first-order valence-corrected chi connectivity index (χ1v) is 6.91. The standard InChI is InChI=1S/C15H20FN3O2/c1-3-14-15(9-19(2)18-14)17-8-12(20)10-21-13-6-4-11(16)5-7-13/h4-7,9,12,17,20H,3,8,10H2,1-2H3. The predicted molar refractivity (Wildman–Crippen MR) is 79.0 cm³/mol. The first kappa shape index (κ1) is 15.3. The van der Waals surface area contributed by atoms with Gasteiger partial charge < -0.3 is 15.2 Å². The number of ether oxygens (including phenoxy) is 1. The Hall–Kier alpha value is -2.08. The number of rotatable bonds is 7. The number of nitrogens with zero attached hydrogens (tertiary/aromatic N) is 2. The number of aliphatic hydroxyl groups excluding tert-OH is 1. The molecule has 21 heavy (non-hydrogen) atoms. The molecule has 0 aliphatic rings. The summed E-state index contributed by atoms with van der Waals surface area (Å²) in [7, 11) is 1.86. The van der Waals surface area contributed by atoms with E-state index in [2.05, 4.69) is 10.4 Å². The molecule has 2 N–H and O–H groups in total. The molecule has 1 heterocycles. The van der Waals surface area contributed by atoms with Crippen LogP contribution in [0.4, 0.5) is 10.1 Å². The van der Waals surface area contributed by atoms with Crippen molar-refractivity contribution < 1.29 is 14.2 Å². The van der Waals surface area contributed by atoms with E-state index in [0.29, 0.717) is 12.3 Å². The number of aryl methyl sites for hydroxylation is 2. The Labute approximate surface area is 123 Å². The summed E-state index contributed by atoms with van der Waals surface area (Å²) in [5, 5.41) is 17.4. The van der Waals surface area contributed by atoms with Crippen molar-refractivity contribution >= 4 is 5.69 Å². The summed E-state index contributed by atoms with van der Waals surface area (Å²) in [5.74, 6) is 0.222. The van der Waals surface area contributed by atoms with Crippen LogP contribution in [0.2, 0.25) is 0 Å². The Morgan fingerprint density at radius 1 is 1.38 bits per heavy atom. The maximum Gasteiger partial charge on any atom is 0.123 e. The molecule has 6 heteroatoms. The van der Waals surface area contributed by atoms with Crippen molar-refractivity contribution in [2.75, 3.05) is 18.5 Å². The maximum absolute atomic E-state index is 12.7. The minimum absolute atomic E-state index is 0.139. The fraction of sp³-hybridized carbons (Fsp3) is 0.400. The predicted octanol–water partition coefficient (Wildman–Crippen LogP) is 1.97. The number of nitrogens with one attached hydrogen (secondary N) is 1. The van der Waals surface area contributed by atoms with Gasteiger partial charge in [-0.05, 0) is 30.7 Å².